The van der Waals surface area contributed by atoms with Gasteiger partial charge in [0.1, 0.15) is 0 Å². The lowest BCUT2D eigenvalue weighted by Crippen LogP contribution is -2.19. The number of nitrogens with one attached hydrogen (secondary N) is 1. The molecule has 1 rings (SSSR count). The monoisotopic (exact) mass is 168 g/mol. The molecule has 0 atom stereocenters. The second kappa shape index (κ2) is 3.88. The van der Waals surface area contributed by atoms with E-state index in [1.54, 1.807) is 11.7 Å². The number of amides is 1. The normalized spacial score (nSPS) is 9.09. The predicted octanol–water partition coefficient (Wildman–Crippen LogP) is 0.945. The van der Waals surface area contributed by atoms with Crippen molar-refractivity contribution in [3.63, 3.8) is 0 Å². The van der Waals surface area contributed by atoms with Crippen molar-refractivity contribution >= 4 is 17.2 Å². The highest BCUT2D eigenvalue weighted by atomic mass is 32.1. The molecule has 3 nitrogen and oxygen atoms in total. The first-order chi connectivity index (χ1) is 5.33. The van der Waals surface area contributed by atoms with Gasteiger partial charge in [-0.3, -0.25) is 9.78 Å². The van der Waals surface area contributed by atoms with Gasteiger partial charge in [0.2, 0.25) is 5.91 Å². The molecule has 0 saturated heterocycles. The Morgan fingerprint density at radius 1 is 1.91 bits per heavy atom. The van der Waals surface area contributed by atoms with Crippen LogP contribution in [0.5, 0.6) is 0 Å². The van der Waals surface area contributed by atoms with Gasteiger partial charge in [0.05, 0.1) is 12.1 Å². The molecule has 0 saturated carbocycles. The molecule has 1 aromatic heterocycles. The van der Waals surface area contributed by atoms with Crippen LogP contribution in [0, 0.1) is 0 Å². The lowest BCUT2D eigenvalue weighted by Gasteiger charge is -1.96. The average molecular weight is 168 g/mol. The zero-order chi connectivity index (χ0) is 8.10. The van der Waals surface area contributed by atoms with Crippen LogP contribution >= 0.6 is 11.3 Å². The third-order valence-corrected chi connectivity index (χ3v) is 1.89. The molecular formula is C7H8N2OS. The molecule has 11 heavy (non-hydrogen) atoms. The van der Waals surface area contributed by atoms with Gasteiger partial charge in [-0.2, -0.15) is 0 Å². The summed E-state index contributed by atoms with van der Waals surface area (Å²) in [6.07, 6.45) is 2.98. The lowest BCUT2D eigenvalue weighted by molar-refractivity contribution is -0.116. The molecule has 1 N–H and O–H groups in total. The van der Waals surface area contributed by atoms with E-state index in [1.165, 1.54) is 17.4 Å². The van der Waals surface area contributed by atoms with E-state index in [9.17, 15) is 4.79 Å². The van der Waals surface area contributed by atoms with Crippen molar-refractivity contribution in [1.29, 1.82) is 0 Å². The Kier molecular flexibility index (Phi) is 2.80. The number of hydrogen-bond acceptors (Lipinski definition) is 3. The van der Waals surface area contributed by atoms with E-state index in [2.05, 4.69) is 16.9 Å². The van der Waals surface area contributed by atoms with Gasteiger partial charge in [0.25, 0.3) is 0 Å². The molecule has 0 aliphatic heterocycles. The number of carbonyl (C=O) groups excluding carboxylic acids is 1. The number of aromatic nitrogens is 1. The maximum absolute atomic E-state index is 10.7. The van der Waals surface area contributed by atoms with Gasteiger partial charge in [-0.15, -0.1) is 11.3 Å². The standard InChI is InChI=1S/C7H8N2OS/c1-2-7(10)9-4-6-3-8-5-11-6/h2-3,5H,1,4H2,(H,9,10). The zero-order valence-electron chi connectivity index (χ0n) is 5.91. The van der Waals surface area contributed by atoms with Crippen molar-refractivity contribution in [2.24, 2.45) is 0 Å². The molecule has 1 amide bonds. The van der Waals surface area contributed by atoms with Gasteiger partial charge < -0.3 is 5.32 Å². The van der Waals surface area contributed by atoms with E-state index >= 15 is 0 Å². The fourth-order valence-corrected chi connectivity index (χ4v) is 1.11. The Hall–Kier alpha value is -1.16. The number of thiazole rings is 1. The first kappa shape index (κ1) is 7.94. The highest BCUT2D eigenvalue weighted by molar-refractivity contribution is 7.09. The lowest BCUT2D eigenvalue weighted by atomic mass is 10.5. The third kappa shape index (κ3) is 2.51. The van der Waals surface area contributed by atoms with Crippen LogP contribution in [0.4, 0.5) is 0 Å². The second-order valence-electron chi connectivity index (χ2n) is 1.89. The van der Waals surface area contributed by atoms with Gasteiger partial charge in [0.15, 0.2) is 0 Å². The highest BCUT2D eigenvalue weighted by Crippen LogP contribution is 2.03. The summed E-state index contributed by atoms with van der Waals surface area (Å²) in [7, 11) is 0. The molecule has 0 aliphatic carbocycles. The SMILES string of the molecule is C=CC(=O)NCc1cncs1. The Morgan fingerprint density at radius 2 is 2.73 bits per heavy atom. The second-order valence-corrected chi connectivity index (χ2v) is 2.86. The summed E-state index contributed by atoms with van der Waals surface area (Å²) in [6.45, 7) is 3.87. The van der Waals surface area contributed by atoms with Crippen molar-refractivity contribution in [2.45, 2.75) is 6.54 Å². The molecule has 58 valence electrons. The van der Waals surface area contributed by atoms with Crippen LogP contribution in [0.25, 0.3) is 0 Å². The van der Waals surface area contributed by atoms with Crippen LogP contribution in [-0.2, 0) is 11.3 Å². The smallest absolute Gasteiger partial charge is 0.243 e. The van der Waals surface area contributed by atoms with Gasteiger partial charge in [-0.25, -0.2) is 0 Å². The minimum atomic E-state index is -0.154. The van der Waals surface area contributed by atoms with Gasteiger partial charge in [0, 0.05) is 11.1 Å². The quantitative estimate of drug-likeness (QED) is 0.683. The Bertz CT molecular complexity index is 243. The van der Waals surface area contributed by atoms with E-state index in [0.717, 1.165) is 4.88 Å². The predicted molar refractivity (Wildman–Crippen MR) is 44.2 cm³/mol. The number of rotatable bonds is 3. The fourth-order valence-electron chi connectivity index (χ4n) is 0.576. The maximum Gasteiger partial charge on any atom is 0.243 e. The molecule has 0 radical (unpaired) electrons. The molecule has 0 fully saturated rings. The number of nitrogens with zero attached hydrogens (tertiary/aromatic N) is 1. The molecule has 0 bridgehead atoms. The first-order valence-electron chi connectivity index (χ1n) is 3.10. The molecule has 0 aromatic carbocycles. The number of hydrogen-bond donors (Lipinski definition) is 1. The van der Waals surface area contributed by atoms with Crippen molar-refractivity contribution in [2.75, 3.05) is 0 Å². The molecule has 1 heterocycles. The number of carbonyl (C=O) groups is 1. The van der Waals surface area contributed by atoms with E-state index in [4.69, 9.17) is 0 Å². The highest BCUT2D eigenvalue weighted by Gasteiger charge is 1.95. The van der Waals surface area contributed by atoms with E-state index in [-0.39, 0.29) is 5.91 Å². The van der Waals surface area contributed by atoms with Gasteiger partial charge >= 0.3 is 0 Å². The van der Waals surface area contributed by atoms with Crippen LogP contribution in [-0.4, -0.2) is 10.9 Å². The van der Waals surface area contributed by atoms with Crippen molar-refractivity contribution < 1.29 is 4.79 Å². The average Bonchev–Trinajstić information content (AvgIpc) is 2.52. The summed E-state index contributed by atoms with van der Waals surface area (Å²) in [5.74, 6) is -0.154. The summed E-state index contributed by atoms with van der Waals surface area (Å²) in [5, 5.41) is 2.65. The molecule has 0 unspecified atom stereocenters. The van der Waals surface area contributed by atoms with E-state index in [1.807, 2.05) is 0 Å². The van der Waals surface area contributed by atoms with Crippen LogP contribution in [0.2, 0.25) is 0 Å². The van der Waals surface area contributed by atoms with E-state index < -0.39 is 0 Å². The maximum atomic E-state index is 10.7. The molecule has 0 aliphatic rings. The van der Waals surface area contributed by atoms with Crippen LogP contribution < -0.4 is 5.32 Å². The zero-order valence-corrected chi connectivity index (χ0v) is 6.73. The Morgan fingerprint density at radius 3 is 3.27 bits per heavy atom. The largest absolute Gasteiger partial charge is 0.348 e. The van der Waals surface area contributed by atoms with Crippen molar-refractivity contribution in [1.82, 2.24) is 10.3 Å². The molecule has 4 heteroatoms. The van der Waals surface area contributed by atoms with Crippen molar-refractivity contribution in [3.05, 3.63) is 29.2 Å². The summed E-state index contributed by atoms with van der Waals surface area (Å²) in [5.41, 5.74) is 1.73. The topological polar surface area (TPSA) is 42.0 Å². The summed E-state index contributed by atoms with van der Waals surface area (Å²) in [4.78, 5) is 15.6. The Balaban J connectivity index is 2.34. The van der Waals surface area contributed by atoms with Gasteiger partial charge in [-0.05, 0) is 6.08 Å². The van der Waals surface area contributed by atoms with Crippen LogP contribution in [0.3, 0.4) is 0 Å². The first-order valence-corrected chi connectivity index (χ1v) is 3.98. The van der Waals surface area contributed by atoms with Crippen LogP contribution in [0.15, 0.2) is 24.4 Å². The summed E-state index contributed by atoms with van der Waals surface area (Å²) < 4.78 is 0. The summed E-state index contributed by atoms with van der Waals surface area (Å²) in [6, 6.07) is 0. The van der Waals surface area contributed by atoms with Gasteiger partial charge in [-0.1, -0.05) is 6.58 Å². The molecule has 0 spiro atoms. The Labute approximate surface area is 68.8 Å². The van der Waals surface area contributed by atoms with E-state index in [0.29, 0.717) is 6.54 Å². The minimum Gasteiger partial charge on any atom is -0.348 e. The molecule has 1 aromatic rings. The van der Waals surface area contributed by atoms with Crippen molar-refractivity contribution in [3.8, 4) is 0 Å². The summed E-state index contributed by atoms with van der Waals surface area (Å²) >= 11 is 1.52. The third-order valence-electron chi connectivity index (χ3n) is 1.11. The minimum absolute atomic E-state index is 0.154. The molecular weight excluding hydrogens is 160 g/mol. The van der Waals surface area contributed by atoms with Crippen LogP contribution in [0.1, 0.15) is 4.88 Å². The fraction of sp³-hybridized carbons (Fsp3) is 0.143.